The monoisotopic (exact) mass is 409 g/mol. The number of aliphatic hydroxyl groups excluding tert-OH is 1. The summed E-state index contributed by atoms with van der Waals surface area (Å²) in [6.07, 6.45) is 5.71. The van der Waals surface area contributed by atoms with Gasteiger partial charge in [0.25, 0.3) is 5.56 Å². The first-order valence-electron chi connectivity index (χ1n) is 9.30. The van der Waals surface area contributed by atoms with Gasteiger partial charge in [-0.1, -0.05) is 18.5 Å². The number of hydrogen-bond donors (Lipinski definition) is 1. The Morgan fingerprint density at radius 3 is 2.55 bits per heavy atom. The van der Waals surface area contributed by atoms with Crippen molar-refractivity contribution < 1.29 is 5.11 Å². The molecule has 0 aliphatic carbocycles. The molecule has 0 radical (unpaired) electrons. The first-order chi connectivity index (χ1) is 14.0. The van der Waals surface area contributed by atoms with E-state index in [1.165, 1.54) is 0 Å². The second-order valence-electron chi connectivity index (χ2n) is 6.82. The van der Waals surface area contributed by atoms with E-state index in [0.29, 0.717) is 33.9 Å². The van der Waals surface area contributed by atoms with E-state index in [2.05, 4.69) is 10.1 Å². The number of benzene rings is 1. The van der Waals surface area contributed by atoms with Crippen molar-refractivity contribution in [3.05, 3.63) is 64.3 Å². The van der Waals surface area contributed by atoms with Crippen molar-refractivity contribution in [3.8, 4) is 22.6 Å². The minimum Gasteiger partial charge on any atom is -0.394 e. The Kier molecular flexibility index (Phi) is 5.17. The van der Waals surface area contributed by atoms with E-state index in [9.17, 15) is 9.90 Å². The number of rotatable bonds is 5. The third-order valence-electron chi connectivity index (χ3n) is 4.95. The molecule has 4 aromatic rings. The number of aryl methyl sites for hydroxylation is 1. The van der Waals surface area contributed by atoms with E-state index >= 15 is 0 Å². The first kappa shape index (κ1) is 19.3. The molecule has 1 N–H and O–H groups in total. The van der Waals surface area contributed by atoms with Crippen LogP contribution >= 0.6 is 11.6 Å². The van der Waals surface area contributed by atoms with Gasteiger partial charge in [-0.25, -0.2) is 4.98 Å². The van der Waals surface area contributed by atoms with Gasteiger partial charge < -0.3 is 5.11 Å². The van der Waals surface area contributed by atoms with Crippen molar-refractivity contribution in [1.29, 1.82) is 0 Å². The molecule has 0 spiro atoms. The molecule has 3 aromatic heterocycles. The van der Waals surface area contributed by atoms with Crippen LogP contribution in [0.4, 0.5) is 0 Å². The standard InChI is InChI=1S/C21H20ClN5O2/c1-3-16(12-28)27-20(13-4-6-15(22)7-5-13)25-19-17(21(27)29)8-9-23-18(19)14-10-24-26(2)11-14/h4-11,16,28H,3,12H2,1-2H3. The fourth-order valence-electron chi connectivity index (χ4n) is 3.41. The van der Waals surface area contributed by atoms with Crippen molar-refractivity contribution in [2.24, 2.45) is 7.05 Å². The van der Waals surface area contributed by atoms with Gasteiger partial charge >= 0.3 is 0 Å². The zero-order valence-electron chi connectivity index (χ0n) is 16.1. The average Bonchev–Trinajstić information content (AvgIpc) is 3.16. The number of aliphatic hydroxyl groups is 1. The van der Waals surface area contributed by atoms with E-state index in [1.807, 2.05) is 32.3 Å². The molecule has 148 valence electrons. The molecule has 8 heteroatoms. The second kappa shape index (κ2) is 7.77. The van der Waals surface area contributed by atoms with E-state index in [1.54, 1.807) is 39.8 Å². The van der Waals surface area contributed by atoms with E-state index in [-0.39, 0.29) is 18.2 Å². The van der Waals surface area contributed by atoms with Crippen molar-refractivity contribution in [2.45, 2.75) is 19.4 Å². The van der Waals surface area contributed by atoms with Gasteiger partial charge in [-0.3, -0.25) is 19.0 Å². The maximum absolute atomic E-state index is 13.5. The van der Waals surface area contributed by atoms with E-state index in [0.717, 1.165) is 11.1 Å². The summed E-state index contributed by atoms with van der Waals surface area (Å²) in [7, 11) is 1.82. The summed E-state index contributed by atoms with van der Waals surface area (Å²) in [5, 5.41) is 15.1. The summed E-state index contributed by atoms with van der Waals surface area (Å²) in [5.41, 5.74) is 2.39. The van der Waals surface area contributed by atoms with Crippen molar-refractivity contribution in [2.75, 3.05) is 6.61 Å². The molecule has 0 aliphatic rings. The van der Waals surface area contributed by atoms with Crippen LogP contribution in [0.15, 0.2) is 53.7 Å². The quantitative estimate of drug-likeness (QED) is 0.545. The average molecular weight is 410 g/mol. The lowest BCUT2D eigenvalue weighted by Crippen LogP contribution is -2.29. The summed E-state index contributed by atoms with van der Waals surface area (Å²) >= 11 is 6.04. The van der Waals surface area contributed by atoms with Crippen LogP contribution in [0.2, 0.25) is 5.02 Å². The summed E-state index contributed by atoms with van der Waals surface area (Å²) < 4.78 is 3.24. The molecule has 0 saturated carbocycles. The number of nitrogens with zero attached hydrogens (tertiary/aromatic N) is 5. The summed E-state index contributed by atoms with van der Waals surface area (Å²) in [5.74, 6) is 0.471. The second-order valence-corrected chi connectivity index (χ2v) is 7.26. The highest BCUT2D eigenvalue weighted by atomic mass is 35.5. The Balaban J connectivity index is 2.08. The van der Waals surface area contributed by atoms with Gasteiger partial charge in [-0.2, -0.15) is 5.10 Å². The maximum Gasteiger partial charge on any atom is 0.262 e. The minimum absolute atomic E-state index is 0.162. The van der Waals surface area contributed by atoms with Gasteiger partial charge in [-0.05, 0) is 36.8 Å². The van der Waals surface area contributed by atoms with Gasteiger partial charge in [0.2, 0.25) is 0 Å². The van der Waals surface area contributed by atoms with Crippen molar-refractivity contribution in [3.63, 3.8) is 0 Å². The Morgan fingerprint density at radius 1 is 1.17 bits per heavy atom. The lowest BCUT2D eigenvalue weighted by atomic mass is 10.1. The van der Waals surface area contributed by atoms with Gasteiger partial charge in [0.15, 0.2) is 0 Å². The smallest absolute Gasteiger partial charge is 0.262 e. The zero-order chi connectivity index (χ0) is 20.5. The molecule has 3 heterocycles. The highest BCUT2D eigenvalue weighted by Gasteiger charge is 2.21. The Morgan fingerprint density at radius 2 is 1.93 bits per heavy atom. The molecule has 1 atom stereocenters. The molecule has 4 rings (SSSR count). The number of hydrogen-bond acceptors (Lipinski definition) is 5. The third-order valence-corrected chi connectivity index (χ3v) is 5.20. The minimum atomic E-state index is -0.389. The van der Waals surface area contributed by atoms with Gasteiger partial charge in [0, 0.05) is 35.6 Å². The molecule has 7 nitrogen and oxygen atoms in total. The normalized spacial score (nSPS) is 12.4. The van der Waals surface area contributed by atoms with Crippen LogP contribution in [0.5, 0.6) is 0 Å². The molecular formula is C21H20ClN5O2. The fourth-order valence-corrected chi connectivity index (χ4v) is 3.54. The van der Waals surface area contributed by atoms with Crippen LogP contribution in [0.25, 0.3) is 33.5 Å². The molecule has 0 aliphatic heterocycles. The summed E-state index contributed by atoms with van der Waals surface area (Å²) in [6, 6.07) is 8.41. The number of fused-ring (bicyclic) bond motifs is 1. The van der Waals surface area contributed by atoms with E-state index in [4.69, 9.17) is 16.6 Å². The molecule has 1 aromatic carbocycles. The van der Waals surface area contributed by atoms with Gasteiger partial charge in [0.1, 0.15) is 11.3 Å². The number of pyridine rings is 1. The van der Waals surface area contributed by atoms with Crippen LogP contribution in [-0.4, -0.2) is 36.0 Å². The molecule has 1 unspecified atom stereocenters. The Labute approximate surface area is 172 Å². The highest BCUT2D eigenvalue weighted by Crippen LogP contribution is 2.28. The van der Waals surface area contributed by atoms with Crippen molar-refractivity contribution in [1.82, 2.24) is 24.3 Å². The number of halogens is 1. The lowest BCUT2D eigenvalue weighted by Gasteiger charge is -2.21. The topological polar surface area (TPSA) is 85.8 Å². The van der Waals surface area contributed by atoms with Crippen LogP contribution < -0.4 is 5.56 Å². The van der Waals surface area contributed by atoms with Gasteiger partial charge in [-0.15, -0.1) is 0 Å². The van der Waals surface area contributed by atoms with Crippen LogP contribution in [0.1, 0.15) is 19.4 Å². The molecule has 29 heavy (non-hydrogen) atoms. The van der Waals surface area contributed by atoms with E-state index < -0.39 is 0 Å². The summed E-state index contributed by atoms with van der Waals surface area (Å²) in [4.78, 5) is 22.8. The van der Waals surface area contributed by atoms with Crippen LogP contribution in [0, 0.1) is 0 Å². The lowest BCUT2D eigenvalue weighted by molar-refractivity contribution is 0.222. The fraction of sp³-hybridized carbons (Fsp3) is 0.238. The Hall–Kier alpha value is -3.03. The molecule has 0 bridgehead atoms. The number of aromatic nitrogens is 5. The molecular weight excluding hydrogens is 390 g/mol. The predicted octanol–water partition coefficient (Wildman–Crippen LogP) is 3.46. The highest BCUT2D eigenvalue weighted by molar-refractivity contribution is 6.30. The van der Waals surface area contributed by atoms with Gasteiger partial charge in [0.05, 0.1) is 29.9 Å². The third kappa shape index (κ3) is 3.43. The largest absolute Gasteiger partial charge is 0.394 e. The maximum atomic E-state index is 13.5. The molecule has 0 amide bonds. The molecule has 0 fully saturated rings. The molecule has 0 saturated heterocycles. The summed E-state index contributed by atoms with van der Waals surface area (Å²) in [6.45, 7) is 1.77. The SMILES string of the molecule is CCC(CO)n1c(-c2ccc(Cl)cc2)nc2c(-c3cnn(C)c3)nccc2c1=O. The van der Waals surface area contributed by atoms with Crippen LogP contribution in [-0.2, 0) is 7.05 Å². The Bertz CT molecular complexity index is 1230. The zero-order valence-corrected chi connectivity index (χ0v) is 16.8. The first-order valence-corrected chi connectivity index (χ1v) is 9.68. The van der Waals surface area contributed by atoms with Crippen LogP contribution in [0.3, 0.4) is 0 Å². The predicted molar refractivity (Wildman–Crippen MR) is 113 cm³/mol. The van der Waals surface area contributed by atoms with Crippen molar-refractivity contribution >= 4 is 22.5 Å².